The molecular formula is C24H19I2NO3. The molecule has 0 spiro atoms. The molecule has 4 nitrogen and oxygen atoms in total. The molecule has 30 heavy (non-hydrogen) atoms. The first-order chi connectivity index (χ1) is 14.4. The van der Waals surface area contributed by atoms with Crippen LogP contribution in [0.1, 0.15) is 31.4 Å². The summed E-state index contributed by atoms with van der Waals surface area (Å²) in [6, 6.07) is 17.9. The zero-order valence-corrected chi connectivity index (χ0v) is 20.8. The molecule has 0 aliphatic carbocycles. The Morgan fingerprint density at radius 2 is 1.77 bits per heavy atom. The van der Waals surface area contributed by atoms with E-state index in [1.807, 2.05) is 54.6 Å². The average molecular weight is 623 g/mol. The van der Waals surface area contributed by atoms with Crippen molar-refractivity contribution in [2.45, 2.75) is 26.4 Å². The maximum absolute atomic E-state index is 12.4. The molecule has 6 heteroatoms. The molecule has 0 radical (unpaired) electrons. The van der Waals surface area contributed by atoms with Crippen molar-refractivity contribution in [3.8, 4) is 5.75 Å². The summed E-state index contributed by atoms with van der Waals surface area (Å²) < 4.78 is 13.5. The first kappa shape index (κ1) is 21.3. The fourth-order valence-corrected chi connectivity index (χ4v) is 5.14. The van der Waals surface area contributed by atoms with Gasteiger partial charge in [-0.3, -0.25) is 0 Å². The monoisotopic (exact) mass is 623 g/mol. The van der Waals surface area contributed by atoms with Crippen LogP contribution in [0.4, 0.5) is 0 Å². The maximum atomic E-state index is 12.4. The summed E-state index contributed by atoms with van der Waals surface area (Å²) in [6.07, 6.45) is 2.85. The number of cyclic esters (lactones) is 1. The molecule has 1 aliphatic heterocycles. The number of nitrogens with zero attached hydrogens (tertiary/aromatic N) is 1. The van der Waals surface area contributed by atoms with Gasteiger partial charge in [0.15, 0.2) is 5.70 Å². The number of fused-ring (bicyclic) bond motifs is 1. The molecule has 1 atom stereocenters. The fraction of sp³-hybridized carbons (Fsp3) is 0.167. The highest BCUT2D eigenvalue weighted by Crippen LogP contribution is 2.31. The number of carbonyl (C=O) groups is 1. The number of rotatable bonds is 5. The third-order valence-electron chi connectivity index (χ3n) is 4.83. The largest absolute Gasteiger partial charge is 0.489 e. The van der Waals surface area contributed by atoms with Gasteiger partial charge in [0.2, 0.25) is 5.90 Å². The first-order valence-corrected chi connectivity index (χ1v) is 11.8. The predicted octanol–water partition coefficient (Wildman–Crippen LogP) is 6.57. The number of benzene rings is 3. The van der Waals surface area contributed by atoms with Crippen LogP contribution in [0.2, 0.25) is 0 Å². The van der Waals surface area contributed by atoms with Crippen LogP contribution in [-0.4, -0.2) is 18.0 Å². The zero-order chi connectivity index (χ0) is 21.3. The van der Waals surface area contributed by atoms with Crippen molar-refractivity contribution in [2.75, 3.05) is 0 Å². The summed E-state index contributed by atoms with van der Waals surface area (Å²) in [5.74, 6) is 0.767. The lowest BCUT2D eigenvalue weighted by Crippen LogP contribution is -2.11. The van der Waals surface area contributed by atoms with E-state index in [4.69, 9.17) is 9.47 Å². The average Bonchev–Trinajstić information content (AvgIpc) is 3.10. The Labute approximate surface area is 202 Å². The number of esters is 1. The van der Waals surface area contributed by atoms with Gasteiger partial charge >= 0.3 is 5.97 Å². The molecular weight excluding hydrogens is 604 g/mol. The normalized spacial score (nSPS) is 15.9. The molecule has 0 fully saturated rings. The third-order valence-corrected chi connectivity index (χ3v) is 6.44. The molecule has 1 heterocycles. The van der Waals surface area contributed by atoms with Gasteiger partial charge in [0.1, 0.15) is 5.75 Å². The highest BCUT2D eigenvalue weighted by Gasteiger charge is 2.24. The Hall–Kier alpha value is -1.94. The molecule has 0 saturated carbocycles. The zero-order valence-electron chi connectivity index (χ0n) is 16.5. The van der Waals surface area contributed by atoms with E-state index in [2.05, 4.69) is 64.0 Å². The number of halogens is 2. The van der Waals surface area contributed by atoms with E-state index in [0.29, 0.717) is 11.6 Å². The van der Waals surface area contributed by atoms with Crippen LogP contribution in [0.3, 0.4) is 0 Å². The van der Waals surface area contributed by atoms with Crippen LogP contribution in [-0.2, 0) is 9.53 Å². The van der Waals surface area contributed by atoms with Gasteiger partial charge in [0.25, 0.3) is 0 Å². The Morgan fingerprint density at radius 3 is 2.47 bits per heavy atom. The Bertz CT molecular complexity index is 1180. The van der Waals surface area contributed by atoms with Gasteiger partial charge in [-0.1, -0.05) is 37.3 Å². The van der Waals surface area contributed by atoms with Gasteiger partial charge < -0.3 is 9.47 Å². The lowest BCUT2D eigenvalue weighted by Gasteiger charge is -2.16. The summed E-state index contributed by atoms with van der Waals surface area (Å²) >= 11 is 4.53. The van der Waals surface area contributed by atoms with Gasteiger partial charge in [-0.05, 0) is 105 Å². The van der Waals surface area contributed by atoms with Gasteiger partial charge in [-0.15, -0.1) is 0 Å². The Kier molecular flexibility index (Phi) is 6.43. The standard InChI is InChI=1S/C24H19I2NO3/c1-3-14(2)29-22-19(25)10-15(11-20(22)26)12-21-24(28)30-23(27-21)18-9-8-16-6-4-5-7-17(16)13-18/h4-14H,3H2,1-2H3/b21-12-. The van der Waals surface area contributed by atoms with Crippen molar-refractivity contribution >= 4 is 73.9 Å². The van der Waals surface area contributed by atoms with Crippen LogP contribution in [0.25, 0.3) is 16.8 Å². The minimum absolute atomic E-state index is 0.148. The quantitative estimate of drug-likeness (QED) is 0.184. The van der Waals surface area contributed by atoms with Crippen LogP contribution in [0.5, 0.6) is 5.75 Å². The van der Waals surface area contributed by atoms with Crippen molar-refractivity contribution in [3.63, 3.8) is 0 Å². The lowest BCUT2D eigenvalue weighted by atomic mass is 10.1. The van der Waals surface area contributed by atoms with Crippen molar-refractivity contribution < 1.29 is 14.3 Å². The van der Waals surface area contributed by atoms with Gasteiger partial charge in [-0.25, -0.2) is 9.79 Å². The summed E-state index contributed by atoms with van der Waals surface area (Å²) in [7, 11) is 0. The molecule has 0 saturated heterocycles. The molecule has 4 rings (SSSR count). The van der Waals surface area contributed by atoms with E-state index >= 15 is 0 Å². The molecule has 0 bridgehead atoms. The third kappa shape index (κ3) is 4.54. The molecule has 0 amide bonds. The highest BCUT2D eigenvalue weighted by atomic mass is 127. The highest BCUT2D eigenvalue weighted by molar-refractivity contribution is 14.1. The molecule has 0 N–H and O–H groups in total. The predicted molar refractivity (Wildman–Crippen MR) is 137 cm³/mol. The van der Waals surface area contributed by atoms with Crippen molar-refractivity contribution in [3.05, 3.63) is 78.6 Å². The fourth-order valence-electron chi connectivity index (χ4n) is 3.07. The Morgan fingerprint density at radius 1 is 1.07 bits per heavy atom. The number of carbonyl (C=O) groups excluding carboxylic acids is 1. The number of hydrogen-bond acceptors (Lipinski definition) is 4. The van der Waals surface area contributed by atoms with Gasteiger partial charge in [0, 0.05) is 5.56 Å². The van der Waals surface area contributed by atoms with E-state index in [1.165, 1.54) is 0 Å². The van der Waals surface area contributed by atoms with Crippen LogP contribution >= 0.6 is 45.2 Å². The summed E-state index contributed by atoms with van der Waals surface area (Å²) in [4.78, 5) is 16.9. The molecule has 3 aromatic rings. The summed E-state index contributed by atoms with van der Waals surface area (Å²) in [5.41, 5.74) is 1.96. The second kappa shape index (κ2) is 9.05. The lowest BCUT2D eigenvalue weighted by molar-refractivity contribution is -0.129. The van der Waals surface area contributed by atoms with E-state index < -0.39 is 5.97 Å². The minimum Gasteiger partial charge on any atom is -0.489 e. The summed E-state index contributed by atoms with van der Waals surface area (Å²) in [5, 5.41) is 2.21. The molecule has 1 unspecified atom stereocenters. The molecule has 152 valence electrons. The van der Waals surface area contributed by atoms with E-state index in [1.54, 1.807) is 6.08 Å². The van der Waals surface area contributed by atoms with Crippen LogP contribution < -0.4 is 4.74 Å². The van der Waals surface area contributed by atoms with Crippen molar-refractivity contribution in [1.82, 2.24) is 0 Å². The maximum Gasteiger partial charge on any atom is 0.363 e. The molecule has 1 aliphatic rings. The van der Waals surface area contributed by atoms with E-state index in [0.717, 1.165) is 41.2 Å². The molecule has 3 aromatic carbocycles. The first-order valence-electron chi connectivity index (χ1n) is 9.62. The van der Waals surface area contributed by atoms with Crippen molar-refractivity contribution in [2.24, 2.45) is 4.99 Å². The smallest absolute Gasteiger partial charge is 0.363 e. The number of ether oxygens (including phenoxy) is 2. The van der Waals surface area contributed by atoms with Gasteiger partial charge in [0.05, 0.1) is 13.2 Å². The van der Waals surface area contributed by atoms with Gasteiger partial charge in [-0.2, -0.15) is 0 Å². The number of aliphatic imine (C=N–C) groups is 1. The van der Waals surface area contributed by atoms with Crippen LogP contribution in [0.15, 0.2) is 65.3 Å². The van der Waals surface area contributed by atoms with Crippen LogP contribution in [0, 0.1) is 7.14 Å². The molecule has 0 aromatic heterocycles. The summed E-state index contributed by atoms with van der Waals surface area (Å²) in [6.45, 7) is 4.15. The topological polar surface area (TPSA) is 47.9 Å². The minimum atomic E-state index is -0.442. The van der Waals surface area contributed by atoms with E-state index in [-0.39, 0.29) is 6.10 Å². The van der Waals surface area contributed by atoms with E-state index in [9.17, 15) is 4.79 Å². The SMILES string of the molecule is CCC(C)Oc1c(I)cc(/C=C2\N=C(c3ccc4ccccc4c3)OC2=O)cc1I. The second-order valence-electron chi connectivity index (χ2n) is 7.05. The number of hydrogen-bond donors (Lipinski definition) is 0. The van der Waals surface area contributed by atoms with Crippen molar-refractivity contribution in [1.29, 1.82) is 0 Å². The second-order valence-corrected chi connectivity index (χ2v) is 9.37. The Balaban J connectivity index is 1.65.